The van der Waals surface area contributed by atoms with Crippen LogP contribution in [0.25, 0.3) is 11.1 Å². The van der Waals surface area contributed by atoms with Crippen molar-refractivity contribution in [2.24, 2.45) is 0 Å². The van der Waals surface area contributed by atoms with Crippen LogP contribution in [0.15, 0.2) is 48.5 Å². The summed E-state index contributed by atoms with van der Waals surface area (Å²) in [5.74, 6) is -0.0821. The second kappa shape index (κ2) is 6.00. The Kier molecular flexibility index (Phi) is 3.82. The van der Waals surface area contributed by atoms with Gasteiger partial charge in [0.1, 0.15) is 5.82 Å². The molecule has 0 radical (unpaired) electrons. The fourth-order valence-electron chi connectivity index (χ4n) is 3.99. The maximum Gasteiger partial charge on any atom is 0.237 e. The number of piperazine rings is 1. The maximum absolute atomic E-state index is 13.9. The van der Waals surface area contributed by atoms with Crippen molar-refractivity contribution in [3.05, 3.63) is 59.9 Å². The van der Waals surface area contributed by atoms with Gasteiger partial charge in [0.05, 0.1) is 25.2 Å². The molecule has 4 nitrogen and oxygen atoms in total. The number of hydrogen-bond acceptors (Lipinski definition) is 3. The Balaban J connectivity index is 1.61. The zero-order valence-corrected chi connectivity index (χ0v) is 13.2. The van der Waals surface area contributed by atoms with Crippen LogP contribution in [0.3, 0.4) is 0 Å². The van der Waals surface area contributed by atoms with Gasteiger partial charge in [0.2, 0.25) is 5.91 Å². The summed E-state index contributed by atoms with van der Waals surface area (Å²) >= 11 is 0. The van der Waals surface area contributed by atoms with E-state index in [-0.39, 0.29) is 36.3 Å². The average molecular weight is 326 g/mol. The van der Waals surface area contributed by atoms with E-state index < -0.39 is 0 Å². The van der Waals surface area contributed by atoms with Crippen LogP contribution in [-0.4, -0.2) is 47.7 Å². The van der Waals surface area contributed by atoms with Crippen LogP contribution >= 0.6 is 0 Å². The van der Waals surface area contributed by atoms with Crippen LogP contribution < -0.4 is 5.32 Å². The van der Waals surface area contributed by atoms with Gasteiger partial charge in [-0.15, -0.1) is 0 Å². The molecule has 0 unspecified atom stereocenters. The molecule has 2 N–H and O–H groups in total. The van der Waals surface area contributed by atoms with E-state index in [9.17, 15) is 14.3 Å². The van der Waals surface area contributed by atoms with Crippen LogP contribution in [0.2, 0.25) is 0 Å². The van der Waals surface area contributed by atoms with E-state index in [0.717, 1.165) is 17.7 Å². The van der Waals surface area contributed by atoms with Crippen LogP contribution in [0.4, 0.5) is 4.39 Å². The summed E-state index contributed by atoms with van der Waals surface area (Å²) < 4.78 is 13.9. The fraction of sp³-hybridized carbons (Fsp3) is 0.316. The molecule has 1 amide bonds. The molecule has 0 spiro atoms. The smallest absolute Gasteiger partial charge is 0.237 e. The molecule has 2 fully saturated rings. The second-order valence-electron chi connectivity index (χ2n) is 6.38. The molecule has 124 valence electrons. The number of carbonyl (C=O) groups is 1. The van der Waals surface area contributed by atoms with Crippen LogP contribution in [0, 0.1) is 5.82 Å². The topological polar surface area (TPSA) is 52.6 Å². The first-order valence-electron chi connectivity index (χ1n) is 8.18. The number of rotatable bonds is 3. The quantitative estimate of drug-likeness (QED) is 0.904. The van der Waals surface area contributed by atoms with E-state index in [1.807, 2.05) is 30.3 Å². The molecule has 24 heavy (non-hydrogen) atoms. The number of halogens is 1. The van der Waals surface area contributed by atoms with Gasteiger partial charge in [-0.2, -0.15) is 0 Å². The van der Waals surface area contributed by atoms with Crippen molar-refractivity contribution >= 4 is 5.91 Å². The highest BCUT2D eigenvalue weighted by Crippen LogP contribution is 2.41. The molecule has 3 atom stereocenters. The van der Waals surface area contributed by atoms with E-state index in [1.165, 1.54) is 6.07 Å². The number of aliphatic hydroxyl groups is 1. The summed E-state index contributed by atoms with van der Waals surface area (Å²) in [6.07, 6.45) is 0. The van der Waals surface area contributed by atoms with Gasteiger partial charge in [-0.1, -0.05) is 42.5 Å². The molecule has 2 saturated heterocycles. The number of nitrogens with one attached hydrogen (secondary N) is 1. The average Bonchev–Trinajstić information content (AvgIpc) is 2.58. The van der Waals surface area contributed by atoms with Crippen LogP contribution in [0.1, 0.15) is 11.5 Å². The van der Waals surface area contributed by atoms with Gasteiger partial charge in [0.25, 0.3) is 0 Å². The summed E-state index contributed by atoms with van der Waals surface area (Å²) in [4.78, 5) is 13.8. The molecular weight excluding hydrogens is 307 g/mol. The van der Waals surface area contributed by atoms with Gasteiger partial charge in [0, 0.05) is 18.0 Å². The zero-order chi connectivity index (χ0) is 16.7. The first kappa shape index (κ1) is 15.3. The number of nitrogens with zero attached hydrogens (tertiary/aromatic N) is 1. The lowest BCUT2D eigenvalue weighted by Crippen LogP contribution is -2.72. The summed E-state index contributed by atoms with van der Waals surface area (Å²) in [6, 6.07) is 14.4. The van der Waals surface area contributed by atoms with Gasteiger partial charge in [0.15, 0.2) is 0 Å². The highest BCUT2D eigenvalue weighted by molar-refractivity contribution is 5.81. The van der Waals surface area contributed by atoms with Crippen LogP contribution in [-0.2, 0) is 4.79 Å². The predicted molar refractivity (Wildman–Crippen MR) is 89.0 cm³/mol. The largest absolute Gasteiger partial charge is 0.394 e. The first-order chi connectivity index (χ1) is 11.7. The first-order valence-corrected chi connectivity index (χ1v) is 8.18. The van der Waals surface area contributed by atoms with Gasteiger partial charge < -0.3 is 15.3 Å². The lowest BCUT2D eigenvalue weighted by Gasteiger charge is -2.57. The van der Waals surface area contributed by atoms with Crippen molar-refractivity contribution in [2.75, 3.05) is 19.7 Å². The van der Waals surface area contributed by atoms with Crippen LogP contribution in [0.5, 0.6) is 0 Å². The molecule has 2 aliphatic heterocycles. The molecule has 0 aliphatic carbocycles. The Labute approximate surface area is 139 Å². The lowest BCUT2D eigenvalue weighted by atomic mass is 9.74. The molecule has 0 saturated carbocycles. The molecule has 2 aliphatic rings. The molecule has 0 bridgehead atoms. The Bertz CT molecular complexity index is 756. The Morgan fingerprint density at radius 2 is 1.92 bits per heavy atom. The van der Waals surface area contributed by atoms with Crippen molar-refractivity contribution in [3.8, 4) is 11.1 Å². The van der Waals surface area contributed by atoms with Gasteiger partial charge in [-0.3, -0.25) is 4.79 Å². The molecule has 2 aromatic rings. The number of fused-ring (bicyclic) bond motifs is 1. The lowest BCUT2D eigenvalue weighted by molar-refractivity contribution is -0.153. The van der Waals surface area contributed by atoms with Crippen molar-refractivity contribution in [2.45, 2.75) is 18.0 Å². The van der Waals surface area contributed by atoms with Gasteiger partial charge in [-0.25, -0.2) is 4.39 Å². The van der Waals surface area contributed by atoms with E-state index in [0.29, 0.717) is 12.1 Å². The molecule has 2 aromatic carbocycles. The highest BCUT2D eigenvalue weighted by Gasteiger charge is 2.52. The summed E-state index contributed by atoms with van der Waals surface area (Å²) in [5, 5.41) is 12.8. The third-order valence-corrected chi connectivity index (χ3v) is 5.13. The van der Waals surface area contributed by atoms with Gasteiger partial charge >= 0.3 is 0 Å². The van der Waals surface area contributed by atoms with Crippen molar-refractivity contribution in [1.29, 1.82) is 0 Å². The minimum Gasteiger partial charge on any atom is -0.394 e. The number of amides is 1. The Hall–Kier alpha value is -2.24. The maximum atomic E-state index is 13.9. The molecule has 5 heteroatoms. The standard InChI is InChI=1S/C19H19FN2O2/c20-15-4-2-1-3-14(15)12-5-7-13(8-6-12)19-16-9-21-10-18(24)22(16)17(19)11-23/h1-8,16-17,19,21,23H,9-11H2/t16-,17-,19+/m0/s1. The van der Waals surface area contributed by atoms with Crippen molar-refractivity contribution in [3.63, 3.8) is 0 Å². The second-order valence-corrected chi connectivity index (χ2v) is 6.38. The summed E-state index contributed by atoms with van der Waals surface area (Å²) in [7, 11) is 0. The Morgan fingerprint density at radius 1 is 1.17 bits per heavy atom. The zero-order valence-electron chi connectivity index (χ0n) is 13.2. The van der Waals surface area contributed by atoms with Crippen molar-refractivity contribution < 1.29 is 14.3 Å². The minimum absolute atomic E-state index is 0.0397. The molecule has 0 aromatic heterocycles. The predicted octanol–water partition coefficient (Wildman–Crippen LogP) is 1.75. The SMILES string of the molecule is O=C1CNC[C@H]2[C@@H](c3ccc(-c4ccccc4F)cc3)[C@H](CO)N12. The third kappa shape index (κ3) is 2.32. The summed E-state index contributed by atoms with van der Waals surface area (Å²) in [6.45, 7) is 1.04. The monoisotopic (exact) mass is 326 g/mol. The van der Waals surface area contributed by atoms with E-state index in [1.54, 1.807) is 17.0 Å². The van der Waals surface area contributed by atoms with E-state index in [2.05, 4.69) is 5.32 Å². The highest BCUT2D eigenvalue weighted by atomic mass is 19.1. The number of carbonyl (C=O) groups excluding carboxylic acids is 1. The van der Waals surface area contributed by atoms with E-state index >= 15 is 0 Å². The third-order valence-electron chi connectivity index (χ3n) is 5.13. The Morgan fingerprint density at radius 3 is 2.62 bits per heavy atom. The normalized spacial score (nSPS) is 26.0. The molecule has 4 rings (SSSR count). The number of hydrogen-bond donors (Lipinski definition) is 2. The number of aliphatic hydroxyl groups excluding tert-OH is 1. The minimum atomic E-state index is -0.240. The van der Waals surface area contributed by atoms with Crippen molar-refractivity contribution in [1.82, 2.24) is 10.2 Å². The molecule has 2 heterocycles. The van der Waals surface area contributed by atoms with Gasteiger partial charge in [-0.05, 0) is 17.2 Å². The summed E-state index contributed by atoms with van der Waals surface area (Å²) in [5.41, 5.74) is 2.48. The van der Waals surface area contributed by atoms with E-state index in [4.69, 9.17) is 0 Å². The number of benzene rings is 2. The molecular formula is C19H19FN2O2. The fourth-order valence-corrected chi connectivity index (χ4v) is 3.99.